The topological polar surface area (TPSA) is 91.7 Å². The van der Waals surface area contributed by atoms with Crippen LogP contribution in [0.4, 0.5) is 17.1 Å². The molecule has 3 aromatic rings. The summed E-state index contributed by atoms with van der Waals surface area (Å²) in [7, 11) is 0. The average Bonchev–Trinajstić information content (AvgIpc) is 3.38. The Bertz CT molecular complexity index is 1090. The molecular formula is C23H21N3O4. The largest absolute Gasteiger partial charge is 0.472 e. The summed E-state index contributed by atoms with van der Waals surface area (Å²) in [5.41, 5.74) is 4.63. The van der Waals surface area contributed by atoms with Crippen LogP contribution in [0.1, 0.15) is 28.4 Å². The number of furan rings is 1. The Kier molecular flexibility index (Phi) is 5.34. The Morgan fingerprint density at radius 2 is 1.77 bits per heavy atom. The van der Waals surface area contributed by atoms with Gasteiger partial charge in [-0.05, 0) is 53.9 Å². The van der Waals surface area contributed by atoms with Crippen LogP contribution in [0.15, 0.2) is 65.5 Å². The molecule has 0 saturated carbocycles. The second-order valence-electron chi connectivity index (χ2n) is 7.17. The Morgan fingerprint density at radius 1 is 1.00 bits per heavy atom. The van der Waals surface area contributed by atoms with E-state index in [1.165, 1.54) is 19.5 Å². The molecule has 2 aromatic carbocycles. The summed E-state index contributed by atoms with van der Waals surface area (Å²) in [4.78, 5) is 37.8. The van der Waals surface area contributed by atoms with E-state index in [0.717, 1.165) is 23.2 Å². The van der Waals surface area contributed by atoms with E-state index in [2.05, 4.69) is 10.6 Å². The fraction of sp³-hybridized carbons (Fsp3) is 0.174. The number of anilines is 3. The number of amides is 3. The zero-order chi connectivity index (χ0) is 21.1. The minimum Gasteiger partial charge on any atom is -0.472 e. The molecule has 0 atom stereocenters. The predicted octanol–water partition coefficient (Wildman–Crippen LogP) is 3.62. The van der Waals surface area contributed by atoms with Crippen LogP contribution >= 0.6 is 0 Å². The molecule has 30 heavy (non-hydrogen) atoms. The normalized spacial score (nSPS) is 12.4. The van der Waals surface area contributed by atoms with Gasteiger partial charge in [-0.2, -0.15) is 0 Å². The van der Waals surface area contributed by atoms with Crippen molar-refractivity contribution in [3.8, 4) is 0 Å². The lowest BCUT2D eigenvalue weighted by atomic mass is 10.1. The van der Waals surface area contributed by atoms with Gasteiger partial charge in [0.1, 0.15) is 6.26 Å². The molecule has 7 nitrogen and oxygen atoms in total. The van der Waals surface area contributed by atoms with Crippen molar-refractivity contribution in [3.05, 3.63) is 77.7 Å². The van der Waals surface area contributed by atoms with Gasteiger partial charge in [0.15, 0.2) is 0 Å². The first-order valence-electron chi connectivity index (χ1n) is 9.63. The zero-order valence-electron chi connectivity index (χ0n) is 16.5. The number of nitrogens with one attached hydrogen (secondary N) is 2. The summed E-state index contributed by atoms with van der Waals surface area (Å²) >= 11 is 0. The van der Waals surface area contributed by atoms with E-state index in [-0.39, 0.29) is 24.1 Å². The number of carbonyl (C=O) groups is 3. The van der Waals surface area contributed by atoms with Crippen molar-refractivity contribution in [2.45, 2.75) is 19.8 Å². The van der Waals surface area contributed by atoms with E-state index in [9.17, 15) is 14.4 Å². The first-order chi connectivity index (χ1) is 14.5. The van der Waals surface area contributed by atoms with E-state index >= 15 is 0 Å². The smallest absolute Gasteiger partial charge is 0.261 e. The maximum Gasteiger partial charge on any atom is 0.261 e. The minimum absolute atomic E-state index is 0.0954. The highest BCUT2D eigenvalue weighted by molar-refractivity contribution is 6.07. The second-order valence-corrected chi connectivity index (χ2v) is 7.17. The summed E-state index contributed by atoms with van der Waals surface area (Å²) in [5, 5.41) is 5.61. The Balaban J connectivity index is 1.39. The molecule has 152 valence electrons. The van der Waals surface area contributed by atoms with Gasteiger partial charge in [0.25, 0.3) is 5.91 Å². The molecule has 2 N–H and O–H groups in total. The van der Waals surface area contributed by atoms with Crippen molar-refractivity contribution in [2.24, 2.45) is 0 Å². The van der Waals surface area contributed by atoms with Crippen LogP contribution < -0.4 is 15.5 Å². The van der Waals surface area contributed by atoms with Gasteiger partial charge >= 0.3 is 0 Å². The lowest BCUT2D eigenvalue weighted by Crippen LogP contribution is -2.28. The summed E-state index contributed by atoms with van der Waals surface area (Å²) in [6, 6.07) is 14.4. The standard InChI is InChI=1S/C23H21N3O4/c1-15(27)24-19-4-2-16(3-5-19)12-22(28)25-20-6-7-21-17(13-20)8-10-26(21)23(29)18-9-11-30-14-18/h2-7,9,11,13-14H,8,10,12H2,1H3,(H,24,27)(H,25,28). The monoisotopic (exact) mass is 403 g/mol. The predicted molar refractivity (Wildman–Crippen MR) is 114 cm³/mol. The molecule has 0 aliphatic carbocycles. The van der Waals surface area contributed by atoms with Crippen LogP contribution in [0, 0.1) is 0 Å². The van der Waals surface area contributed by atoms with E-state index in [4.69, 9.17) is 4.42 Å². The first kappa shape index (κ1) is 19.4. The third-order valence-corrected chi connectivity index (χ3v) is 4.91. The van der Waals surface area contributed by atoms with Gasteiger partial charge in [-0.15, -0.1) is 0 Å². The summed E-state index contributed by atoms with van der Waals surface area (Å²) in [6.07, 6.45) is 3.88. The van der Waals surface area contributed by atoms with E-state index in [1.54, 1.807) is 29.2 Å². The maximum absolute atomic E-state index is 12.6. The quantitative estimate of drug-likeness (QED) is 0.681. The minimum atomic E-state index is -0.137. The van der Waals surface area contributed by atoms with Crippen molar-refractivity contribution in [2.75, 3.05) is 22.1 Å². The Morgan fingerprint density at radius 3 is 2.47 bits per heavy atom. The third kappa shape index (κ3) is 4.25. The van der Waals surface area contributed by atoms with Crippen LogP contribution in [0.2, 0.25) is 0 Å². The summed E-state index contributed by atoms with van der Waals surface area (Å²) in [5.74, 6) is -0.365. The molecule has 0 radical (unpaired) electrons. The molecule has 0 bridgehead atoms. The molecule has 0 fully saturated rings. The number of rotatable bonds is 5. The molecule has 4 rings (SSSR count). The molecule has 2 heterocycles. The summed E-state index contributed by atoms with van der Waals surface area (Å²) < 4.78 is 5.00. The van der Waals surface area contributed by atoms with Crippen LogP contribution in [-0.4, -0.2) is 24.3 Å². The third-order valence-electron chi connectivity index (χ3n) is 4.91. The molecule has 1 aliphatic rings. The molecule has 1 aliphatic heterocycles. The highest BCUT2D eigenvalue weighted by atomic mass is 16.3. The first-order valence-corrected chi connectivity index (χ1v) is 9.63. The van der Waals surface area contributed by atoms with Crippen molar-refractivity contribution in [3.63, 3.8) is 0 Å². The van der Waals surface area contributed by atoms with Gasteiger partial charge in [0.05, 0.1) is 18.2 Å². The molecule has 0 spiro atoms. The van der Waals surface area contributed by atoms with Gasteiger partial charge in [-0.1, -0.05) is 12.1 Å². The van der Waals surface area contributed by atoms with E-state index < -0.39 is 0 Å². The van der Waals surface area contributed by atoms with E-state index in [1.807, 2.05) is 24.3 Å². The highest BCUT2D eigenvalue weighted by Crippen LogP contribution is 2.31. The van der Waals surface area contributed by atoms with Crippen LogP contribution in [0.25, 0.3) is 0 Å². The lowest BCUT2D eigenvalue weighted by molar-refractivity contribution is -0.116. The van der Waals surface area contributed by atoms with Gasteiger partial charge in [0, 0.05) is 30.5 Å². The van der Waals surface area contributed by atoms with E-state index in [0.29, 0.717) is 23.5 Å². The van der Waals surface area contributed by atoms with Crippen LogP contribution in [0.5, 0.6) is 0 Å². The van der Waals surface area contributed by atoms with Gasteiger partial charge in [-0.3, -0.25) is 14.4 Å². The average molecular weight is 403 g/mol. The van der Waals surface area contributed by atoms with Gasteiger partial charge in [-0.25, -0.2) is 0 Å². The summed E-state index contributed by atoms with van der Waals surface area (Å²) in [6.45, 7) is 2.04. The highest BCUT2D eigenvalue weighted by Gasteiger charge is 2.26. The number of nitrogens with zero attached hydrogens (tertiary/aromatic N) is 1. The Hall–Kier alpha value is -3.87. The van der Waals surface area contributed by atoms with Crippen molar-refractivity contribution >= 4 is 34.8 Å². The molecule has 7 heteroatoms. The molecular weight excluding hydrogens is 382 g/mol. The van der Waals surface area contributed by atoms with Crippen LogP contribution in [0.3, 0.4) is 0 Å². The Labute approximate surface area is 173 Å². The fourth-order valence-electron chi connectivity index (χ4n) is 3.53. The number of benzene rings is 2. The van der Waals surface area contributed by atoms with Crippen molar-refractivity contribution in [1.82, 2.24) is 0 Å². The van der Waals surface area contributed by atoms with Gasteiger partial charge in [0.2, 0.25) is 11.8 Å². The molecule has 1 aromatic heterocycles. The second kappa shape index (κ2) is 8.24. The van der Waals surface area contributed by atoms with Crippen LogP contribution in [-0.2, 0) is 22.4 Å². The number of carbonyl (C=O) groups excluding carboxylic acids is 3. The zero-order valence-corrected chi connectivity index (χ0v) is 16.5. The lowest BCUT2D eigenvalue weighted by Gasteiger charge is -2.16. The van der Waals surface area contributed by atoms with Crippen molar-refractivity contribution < 1.29 is 18.8 Å². The fourth-order valence-corrected chi connectivity index (χ4v) is 3.53. The number of hydrogen-bond donors (Lipinski definition) is 2. The number of fused-ring (bicyclic) bond motifs is 1. The SMILES string of the molecule is CC(=O)Nc1ccc(CC(=O)Nc2ccc3c(c2)CCN3C(=O)c2ccoc2)cc1. The van der Waals surface area contributed by atoms with Gasteiger partial charge < -0.3 is 20.0 Å². The molecule has 0 unspecified atom stereocenters. The molecule has 0 saturated heterocycles. The van der Waals surface area contributed by atoms with Crippen molar-refractivity contribution in [1.29, 1.82) is 0 Å². The maximum atomic E-state index is 12.6. The number of hydrogen-bond acceptors (Lipinski definition) is 4. The molecule has 3 amide bonds.